The molecule has 0 bridgehead atoms. The van der Waals surface area contributed by atoms with Gasteiger partial charge in [0.15, 0.2) is 0 Å². The van der Waals surface area contributed by atoms with Crippen molar-refractivity contribution in [3.63, 3.8) is 0 Å². The molecule has 1 heterocycles. The van der Waals surface area contributed by atoms with Crippen molar-refractivity contribution in [2.24, 2.45) is 4.99 Å². The Labute approximate surface area is 137 Å². The molecule has 116 valence electrons. The zero-order valence-electron chi connectivity index (χ0n) is 14.0. The second kappa shape index (κ2) is 6.50. The Balaban J connectivity index is 2.45. The van der Waals surface area contributed by atoms with Crippen LogP contribution in [0.25, 0.3) is 0 Å². The van der Waals surface area contributed by atoms with Crippen LogP contribution in [0.1, 0.15) is 32.8 Å². The Bertz CT molecular complexity index is 766. The van der Waals surface area contributed by atoms with E-state index in [4.69, 9.17) is 10.5 Å². The minimum absolute atomic E-state index is 0.0995. The second-order valence-electron chi connectivity index (χ2n) is 5.95. The fourth-order valence-electron chi connectivity index (χ4n) is 2.93. The van der Waals surface area contributed by atoms with Crippen molar-refractivity contribution in [2.45, 2.75) is 32.6 Å². The molecule has 0 radical (unpaired) electrons. The lowest BCUT2D eigenvalue weighted by Crippen LogP contribution is -2.22. The summed E-state index contributed by atoms with van der Waals surface area (Å²) in [4.78, 5) is 6.29. The smallest absolute Gasteiger partial charge is 0.218 e. The van der Waals surface area contributed by atoms with Gasteiger partial charge in [-0.1, -0.05) is 39.0 Å². The number of anilines is 1. The lowest BCUT2D eigenvalue weighted by molar-refractivity contribution is 0.640. The highest BCUT2D eigenvalue weighted by Crippen LogP contribution is 2.46. The third kappa shape index (κ3) is 3.03. The SMILES string of the molecule is CC/C(=C/C=C1\N(C)c2ccccc2C1(C)C)N=C(C#N)C#N. The zero-order chi connectivity index (χ0) is 17.0. The van der Waals surface area contributed by atoms with Crippen molar-refractivity contribution < 1.29 is 0 Å². The molecule has 1 aromatic rings. The summed E-state index contributed by atoms with van der Waals surface area (Å²) in [5.41, 5.74) is 4.16. The van der Waals surface area contributed by atoms with E-state index in [-0.39, 0.29) is 11.1 Å². The van der Waals surface area contributed by atoms with Gasteiger partial charge in [0, 0.05) is 29.5 Å². The van der Waals surface area contributed by atoms with Crippen LogP contribution in [0.3, 0.4) is 0 Å². The van der Waals surface area contributed by atoms with Crippen molar-refractivity contribution >= 4 is 11.4 Å². The number of nitrogens with zero attached hydrogens (tertiary/aromatic N) is 4. The number of benzene rings is 1. The quantitative estimate of drug-likeness (QED) is 0.790. The largest absolute Gasteiger partial charge is 0.347 e. The number of allylic oxidation sites excluding steroid dienone is 4. The van der Waals surface area contributed by atoms with E-state index in [1.807, 2.05) is 25.1 Å². The Kier molecular flexibility index (Phi) is 4.67. The van der Waals surface area contributed by atoms with Crippen LogP contribution in [-0.4, -0.2) is 12.8 Å². The van der Waals surface area contributed by atoms with Gasteiger partial charge in [-0.15, -0.1) is 0 Å². The molecule has 23 heavy (non-hydrogen) atoms. The molecule has 0 aromatic heterocycles. The number of hydrogen-bond acceptors (Lipinski definition) is 4. The highest BCUT2D eigenvalue weighted by molar-refractivity contribution is 6.10. The highest BCUT2D eigenvalue weighted by atomic mass is 15.2. The van der Waals surface area contributed by atoms with E-state index in [2.05, 4.69) is 49.0 Å². The number of fused-ring (bicyclic) bond motifs is 1. The number of rotatable bonds is 3. The summed E-state index contributed by atoms with van der Waals surface area (Å²) in [6.45, 7) is 6.35. The van der Waals surface area contributed by atoms with Crippen molar-refractivity contribution in [2.75, 3.05) is 11.9 Å². The van der Waals surface area contributed by atoms with E-state index in [1.165, 1.54) is 11.3 Å². The maximum Gasteiger partial charge on any atom is 0.218 e. The van der Waals surface area contributed by atoms with Gasteiger partial charge in [0.2, 0.25) is 5.71 Å². The Morgan fingerprint density at radius 3 is 2.48 bits per heavy atom. The first-order chi connectivity index (χ1) is 11.0. The number of nitriles is 2. The van der Waals surface area contributed by atoms with Gasteiger partial charge in [-0.25, -0.2) is 4.99 Å². The molecule has 0 aliphatic carbocycles. The molecular weight excluding hydrogens is 284 g/mol. The van der Waals surface area contributed by atoms with Crippen molar-refractivity contribution in [1.29, 1.82) is 10.5 Å². The van der Waals surface area contributed by atoms with Crippen molar-refractivity contribution in [1.82, 2.24) is 0 Å². The van der Waals surface area contributed by atoms with Crippen LogP contribution in [0.15, 0.2) is 52.8 Å². The summed E-state index contributed by atoms with van der Waals surface area (Å²) >= 11 is 0. The third-order valence-electron chi connectivity index (χ3n) is 4.20. The molecule has 1 aliphatic rings. The van der Waals surface area contributed by atoms with Crippen LogP contribution in [0.2, 0.25) is 0 Å². The van der Waals surface area contributed by atoms with Gasteiger partial charge in [0.1, 0.15) is 12.1 Å². The van der Waals surface area contributed by atoms with Crippen LogP contribution in [0.4, 0.5) is 5.69 Å². The van der Waals surface area contributed by atoms with E-state index in [0.717, 1.165) is 11.4 Å². The second-order valence-corrected chi connectivity index (χ2v) is 5.95. The molecular formula is C19H20N4. The van der Waals surface area contributed by atoms with Crippen molar-refractivity contribution in [3.8, 4) is 12.1 Å². The molecule has 0 spiro atoms. The first-order valence-electron chi connectivity index (χ1n) is 7.59. The summed E-state index contributed by atoms with van der Waals surface area (Å²) in [5, 5.41) is 17.7. The summed E-state index contributed by atoms with van der Waals surface area (Å²) in [5.74, 6) is 0. The zero-order valence-corrected chi connectivity index (χ0v) is 14.0. The van der Waals surface area contributed by atoms with Gasteiger partial charge < -0.3 is 4.90 Å². The highest BCUT2D eigenvalue weighted by Gasteiger charge is 2.37. The molecule has 0 saturated heterocycles. The monoisotopic (exact) mass is 304 g/mol. The van der Waals surface area contributed by atoms with Gasteiger partial charge in [-0.05, 0) is 30.2 Å². The molecule has 4 nitrogen and oxygen atoms in total. The van der Waals surface area contributed by atoms with E-state index in [1.54, 1.807) is 12.1 Å². The third-order valence-corrected chi connectivity index (χ3v) is 4.20. The molecule has 0 atom stereocenters. The molecule has 0 fully saturated rings. The van der Waals surface area contributed by atoms with Gasteiger partial charge >= 0.3 is 0 Å². The number of aliphatic imine (C=N–C) groups is 1. The molecule has 0 amide bonds. The number of para-hydroxylation sites is 1. The minimum Gasteiger partial charge on any atom is -0.347 e. The van der Waals surface area contributed by atoms with Crippen LogP contribution < -0.4 is 4.90 Å². The van der Waals surface area contributed by atoms with Gasteiger partial charge in [0.05, 0.1) is 0 Å². The summed E-state index contributed by atoms with van der Waals surface area (Å²) in [6.07, 6.45) is 4.59. The Morgan fingerprint density at radius 1 is 1.26 bits per heavy atom. The van der Waals surface area contributed by atoms with E-state index < -0.39 is 0 Å². The first kappa shape index (κ1) is 16.5. The van der Waals surface area contributed by atoms with Crippen LogP contribution in [0, 0.1) is 22.7 Å². The fourth-order valence-corrected chi connectivity index (χ4v) is 2.93. The molecule has 2 rings (SSSR count). The Hall–Kier alpha value is -2.85. The average Bonchev–Trinajstić information content (AvgIpc) is 2.75. The number of likely N-dealkylation sites (N-methyl/N-ethyl adjacent to an activating group) is 1. The van der Waals surface area contributed by atoms with Crippen LogP contribution in [-0.2, 0) is 5.41 Å². The average molecular weight is 304 g/mol. The molecule has 1 aromatic carbocycles. The van der Waals surface area contributed by atoms with Gasteiger partial charge in [-0.2, -0.15) is 10.5 Å². The molecule has 0 saturated carbocycles. The van der Waals surface area contributed by atoms with Crippen molar-refractivity contribution in [3.05, 3.63) is 53.4 Å². The normalized spacial score (nSPS) is 17.4. The predicted molar refractivity (Wildman–Crippen MR) is 93.0 cm³/mol. The summed E-state index contributed by atoms with van der Waals surface area (Å²) in [7, 11) is 2.05. The van der Waals surface area contributed by atoms with E-state index in [9.17, 15) is 0 Å². The van der Waals surface area contributed by atoms with E-state index >= 15 is 0 Å². The summed E-state index contributed by atoms with van der Waals surface area (Å²) < 4.78 is 0. The fraction of sp³-hybridized carbons (Fsp3) is 0.316. The lowest BCUT2D eigenvalue weighted by Gasteiger charge is -2.23. The molecule has 4 heteroatoms. The minimum atomic E-state index is -0.112. The standard InChI is InChI=1S/C19H20N4/c1-5-14(22-15(12-20)13-21)10-11-18-19(2,3)16-8-6-7-9-17(16)23(18)4/h6-11H,5H2,1-4H3/b14-10-,18-11-. The maximum absolute atomic E-state index is 8.84. The molecule has 0 N–H and O–H groups in total. The first-order valence-corrected chi connectivity index (χ1v) is 7.59. The predicted octanol–water partition coefficient (Wildman–Crippen LogP) is 4.08. The van der Waals surface area contributed by atoms with E-state index in [0.29, 0.717) is 6.42 Å². The Morgan fingerprint density at radius 2 is 1.91 bits per heavy atom. The summed E-state index contributed by atoms with van der Waals surface area (Å²) in [6, 6.07) is 12.0. The topological polar surface area (TPSA) is 63.2 Å². The van der Waals surface area contributed by atoms with Crippen LogP contribution in [0.5, 0.6) is 0 Å². The maximum atomic E-state index is 8.84. The van der Waals surface area contributed by atoms with Gasteiger partial charge in [0.25, 0.3) is 0 Å². The molecule has 1 aliphatic heterocycles. The van der Waals surface area contributed by atoms with Gasteiger partial charge in [-0.3, -0.25) is 0 Å². The lowest BCUT2D eigenvalue weighted by atomic mass is 9.84. The van der Waals surface area contributed by atoms with Crippen LogP contribution >= 0.6 is 0 Å². The molecule has 0 unspecified atom stereocenters. The number of hydrogen-bond donors (Lipinski definition) is 0.